The topological polar surface area (TPSA) is 80.4 Å². The van der Waals surface area contributed by atoms with Gasteiger partial charge in [0.05, 0.1) is 17.1 Å². The number of rotatable bonds is 5. The maximum Gasteiger partial charge on any atom is 0.387 e. The Bertz CT molecular complexity index is 1290. The van der Waals surface area contributed by atoms with Gasteiger partial charge < -0.3 is 9.30 Å². The molecule has 32 heavy (non-hydrogen) atoms. The number of alkyl halides is 2. The Hall–Kier alpha value is -3.01. The van der Waals surface area contributed by atoms with Gasteiger partial charge in [0, 0.05) is 30.0 Å². The number of aromatic nitrogens is 3. The van der Waals surface area contributed by atoms with E-state index in [1.165, 1.54) is 6.26 Å². The number of para-hydroxylation sites is 1. The van der Waals surface area contributed by atoms with Gasteiger partial charge in [0.2, 0.25) is 0 Å². The van der Waals surface area contributed by atoms with Crippen LogP contribution in [0.15, 0.2) is 65.8 Å². The number of imidazole rings is 1. The lowest BCUT2D eigenvalue weighted by Gasteiger charge is -2.25. The van der Waals surface area contributed by atoms with Gasteiger partial charge in [-0.1, -0.05) is 24.3 Å². The molecular weight excluding hydrogens is 436 g/mol. The van der Waals surface area contributed by atoms with Gasteiger partial charge in [0.15, 0.2) is 0 Å². The predicted molar refractivity (Wildman–Crippen MR) is 120 cm³/mol. The molecule has 5 rings (SSSR count). The number of nitrogens with zero attached hydrogens (tertiary/aromatic N) is 3. The molecule has 0 saturated heterocycles. The molecule has 166 valence electrons. The summed E-state index contributed by atoms with van der Waals surface area (Å²) in [6.07, 6.45) is 4.43. The molecule has 0 spiro atoms. The summed E-state index contributed by atoms with van der Waals surface area (Å²) in [5.41, 5.74) is 4.15. The molecule has 4 aromatic rings. The van der Waals surface area contributed by atoms with Crippen molar-refractivity contribution in [2.24, 2.45) is 0 Å². The first-order chi connectivity index (χ1) is 15.3. The molecule has 2 aromatic carbocycles. The van der Waals surface area contributed by atoms with Crippen LogP contribution in [0.3, 0.4) is 0 Å². The number of halogens is 2. The summed E-state index contributed by atoms with van der Waals surface area (Å²) in [5.74, 6) is 1.08. The highest BCUT2D eigenvalue weighted by Crippen LogP contribution is 2.43. The molecule has 9 heteroatoms. The van der Waals surface area contributed by atoms with Crippen molar-refractivity contribution in [3.63, 3.8) is 0 Å². The fourth-order valence-electron chi connectivity index (χ4n) is 4.28. The second kappa shape index (κ2) is 7.84. The number of hydrogen-bond acceptors (Lipinski definition) is 5. The van der Waals surface area contributed by atoms with Gasteiger partial charge in [-0.3, -0.25) is 9.11 Å². The molecule has 6 nitrogen and oxygen atoms in total. The number of fused-ring (bicyclic) bond motifs is 3. The van der Waals surface area contributed by atoms with Crippen molar-refractivity contribution in [2.45, 2.75) is 30.5 Å². The summed E-state index contributed by atoms with van der Waals surface area (Å²) >= 11 is 0. The quantitative estimate of drug-likeness (QED) is 0.386. The van der Waals surface area contributed by atoms with Gasteiger partial charge in [-0.05, 0) is 42.3 Å². The zero-order valence-corrected chi connectivity index (χ0v) is 18.0. The van der Waals surface area contributed by atoms with E-state index in [1.54, 1.807) is 30.5 Å². The third kappa shape index (κ3) is 3.72. The van der Waals surface area contributed by atoms with Crippen LogP contribution in [0.25, 0.3) is 22.2 Å². The first kappa shape index (κ1) is 20.9. The molecule has 1 aliphatic rings. The smallest absolute Gasteiger partial charge is 0.387 e. The van der Waals surface area contributed by atoms with Gasteiger partial charge in [-0.15, -0.1) is 0 Å². The average molecular weight is 458 g/mol. The molecule has 0 unspecified atom stereocenters. The average Bonchev–Trinajstić information content (AvgIpc) is 3.32. The first-order valence-electron chi connectivity index (χ1n) is 10.1. The zero-order chi connectivity index (χ0) is 22.5. The van der Waals surface area contributed by atoms with E-state index in [1.807, 2.05) is 30.3 Å². The number of aryl methyl sites for hydroxylation is 1. The van der Waals surface area contributed by atoms with E-state index in [0.717, 1.165) is 40.8 Å². The molecule has 0 radical (unpaired) electrons. The van der Waals surface area contributed by atoms with Crippen molar-refractivity contribution >= 4 is 21.6 Å². The van der Waals surface area contributed by atoms with Crippen LogP contribution < -0.4 is 4.74 Å². The summed E-state index contributed by atoms with van der Waals surface area (Å²) < 4.78 is 52.3. The number of pyridine rings is 1. The van der Waals surface area contributed by atoms with Gasteiger partial charge in [-0.25, -0.2) is 9.97 Å². The van der Waals surface area contributed by atoms with Crippen molar-refractivity contribution in [2.75, 3.05) is 6.26 Å². The number of benzene rings is 2. The van der Waals surface area contributed by atoms with E-state index in [9.17, 15) is 17.9 Å². The van der Waals surface area contributed by atoms with E-state index in [2.05, 4.69) is 9.55 Å². The third-order valence-electron chi connectivity index (χ3n) is 5.68. The molecule has 0 fully saturated rings. The second-order valence-electron chi connectivity index (χ2n) is 7.79. The van der Waals surface area contributed by atoms with E-state index >= 15 is 0 Å². The van der Waals surface area contributed by atoms with Crippen LogP contribution in [0, 0.1) is 0 Å². The molecule has 1 aliphatic heterocycles. The van der Waals surface area contributed by atoms with Crippen LogP contribution in [0.5, 0.6) is 5.75 Å². The Morgan fingerprint density at radius 3 is 2.59 bits per heavy atom. The van der Waals surface area contributed by atoms with Crippen LogP contribution in [-0.4, -0.2) is 36.5 Å². The molecule has 0 bridgehead atoms. The molecule has 2 aromatic heterocycles. The summed E-state index contributed by atoms with van der Waals surface area (Å²) in [6.45, 7) is -2.89. The molecule has 0 aliphatic carbocycles. The van der Waals surface area contributed by atoms with Crippen molar-refractivity contribution < 1.29 is 22.6 Å². The van der Waals surface area contributed by atoms with Crippen molar-refractivity contribution in [3.05, 3.63) is 72.2 Å². The van der Waals surface area contributed by atoms with Crippen LogP contribution in [0.4, 0.5) is 8.78 Å². The minimum atomic E-state index is -2.89. The first-order valence-corrected chi connectivity index (χ1v) is 12.0. The maximum atomic E-state index is 12.9. The van der Waals surface area contributed by atoms with Crippen molar-refractivity contribution in [3.8, 4) is 16.9 Å². The van der Waals surface area contributed by atoms with Crippen molar-refractivity contribution in [1.29, 1.82) is 0 Å². The van der Waals surface area contributed by atoms with Gasteiger partial charge in [0.25, 0.3) is 0 Å². The predicted octanol–water partition coefficient (Wildman–Crippen LogP) is 5.97. The fraction of sp³-hybridized carbons (Fsp3) is 0.217. The SMILES string of the molecule is CS(O)(O)c1ccc(-c2ccc3nc4n(c3c2)[C@@H](c2ccccc2OC(F)F)CC4)cn1. The van der Waals surface area contributed by atoms with Gasteiger partial charge in [-0.2, -0.15) is 19.4 Å². The minimum absolute atomic E-state index is 0.159. The summed E-state index contributed by atoms with van der Waals surface area (Å²) in [7, 11) is -2.88. The Balaban J connectivity index is 1.57. The molecule has 1 atom stereocenters. The largest absolute Gasteiger partial charge is 0.434 e. The van der Waals surface area contributed by atoms with Crippen LogP contribution in [-0.2, 0) is 6.42 Å². The Morgan fingerprint density at radius 1 is 1.09 bits per heavy atom. The standard InChI is InChI=1S/C23H21F2N3O3S/c1-32(29,30)22-11-7-15(13-26-22)14-6-8-17-19(12-14)28-18(9-10-21(28)27-17)16-4-2-3-5-20(16)31-23(24)25/h2-8,11-13,18,23,29-30H,9-10H2,1H3/t18-/m1/s1. The lowest BCUT2D eigenvalue weighted by Crippen LogP contribution is -2.10. The fourth-order valence-corrected chi connectivity index (χ4v) is 4.85. The van der Waals surface area contributed by atoms with E-state index in [-0.39, 0.29) is 16.8 Å². The molecular formula is C23H21F2N3O3S. The number of hydrogen-bond donors (Lipinski definition) is 2. The Morgan fingerprint density at radius 2 is 1.88 bits per heavy atom. The Kier molecular flexibility index (Phi) is 5.11. The zero-order valence-electron chi connectivity index (χ0n) is 17.2. The highest BCUT2D eigenvalue weighted by molar-refractivity contribution is 8.23. The minimum Gasteiger partial charge on any atom is -0.434 e. The van der Waals surface area contributed by atoms with Crippen LogP contribution in [0.2, 0.25) is 0 Å². The highest BCUT2D eigenvalue weighted by atomic mass is 32.3. The highest BCUT2D eigenvalue weighted by Gasteiger charge is 2.29. The van der Waals surface area contributed by atoms with E-state index < -0.39 is 17.2 Å². The van der Waals surface area contributed by atoms with E-state index in [4.69, 9.17) is 9.72 Å². The molecule has 3 heterocycles. The van der Waals surface area contributed by atoms with Crippen LogP contribution in [0.1, 0.15) is 23.9 Å². The molecule has 0 amide bonds. The van der Waals surface area contributed by atoms with E-state index in [0.29, 0.717) is 5.56 Å². The van der Waals surface area contributed by atoms with Gasteiger partial charge in [0.1, 0.15) is 16.6 Å². The lowest BCUT2D eigenvalue weighted by atomic mass is 10.0. The summed E-state index contributed by atoms with van der Waals surface area (Å²) in [5, 5.41) is 0.239. The summed E-state index contributed by atoms with van der Waals surface area (Å²) in [4.78, 5) is 8.93. The maximum absolute atomic E-state index is 12.9. The molecule has 0 saturated carbocycles. The summed E-state index contributed by atoms with van der Waals surface area (Å²) in [6, 6.07) is 16.0. The Labute approximate surface area is 184 Å². The third-order valence-corrected chi connectivity index (χ3v) is 6.71. The molecule has 2 N–H and O–H groups in total. The second-order valence-corrected chi connectivity index (χ2v) is 9.88. The monoisotopic (exact) mass is 457 g/mol. The van der Waals surface area contributed by atoms with Crippen molar-refractivity contribution in [1.82, 2.24) is 14.5 Å². The normalized spacial score (nSPS) is 16.5. The van der Waals surface area contributed by atoms with Gasteiger partial charge >= 0.3 is 6.61 Å². The number of ether oxygens (including phenoxy) is 1. The lowest BCUT2D eigenvalue weighted by molar-refractivity contribution is -0.0506. The van der Waals surface area contributed by atoms with Crippen LogP contribution >= 0.6 is 10.6 Å².